The molecule has 1 amide bonds. The van der Waals surface area contributed by atoms with E-state index in [2.05, 4.69) is 4.90 Å². The Kier molecular flexibility index (Phi) is 7.58. The molecular weight excluding hydrogens is 434 g/mol. The van der Waals surface area contributed by atoms with E-state index in [1.165, 1.54) is 20.3 Å². The second-order valence-corrected chi connectivity index (χ2v) is 7.58. The summed E-state index contributed by atoms with van der Waals surface area (Å²) < 4.78 is 9.76. The molecule has 2 heterocycles. The molecular formula is C23H26ClN3O5. The first kappa shape index (κ1) is 23.4. The second kappa shape index (κ2) is 10.4. The van der Waals surface area contributed by atoms with E-state index < -0.39 is 11.9 Å². The first-order valence-corrected chi connectivity index (χ1v) is 10.7. The topological polar surface area (TPSA) is 79.4 Å². The van der Waals surface area contributed by atoms with Gasteiger partial charge in [0.1, 0.15) is 5.70 Å². The summed E-state index contributed by atoms with van der Waals surface area (Å²) in [5.74, 6) is -1.19. The molecule has 0 bridgehead atoms. The number of rotatable bonds is 5. The molecule has 0 aliphatic carbocycles. The van der Waals surface area contributed by atoms with Crippen molar-refractivity contribution < 1.29 is 23.9 Å². The highest BCUT2D eigenvalue weighted by Gasteiger charge is 2.28. The molecule has 0 aromatic heterocycles. The maximum Gasteiger partial charge on any atom is 0.355 e. The first-order valence-electron chi connectivity index (χ1n) is 10.3. The summed E-state index contributed by atoms with van der Waals surface area (Å²) in [6, 6.07) is 5.42. The molecule has 1 fully saturated rings. The molecule has 8 nitrogen and oxygen atoms in total. The van der Waals surface area contributed by atoms with Gasteiger partial charge < -0.3 is 24.2 Å². The van der Waals surface area contributed by atoms with Crippen LogP contribution in [0, 0.1) is 0 Å². The fraction of sp³-hybridized carbons (Fsp3) is 0.348. The molecule has 1 saturated heterocycles. The number of piperazine rings is 1. The summed E-state index contributed by atoms with van der Waals surface area (Å²) >= 11 is 6.62. The Morgan fingerprint density at radius 1 is 1.00 bits per heavy atom. The Balaban J connectivity index is 1.91. The van der Waals surface area contributed by atoms with Crippen molar-refractivity contribution in [3.8, 4) is 0 Å². The predicted molar refractivity (Wildman–Crippen MR) is 122 cm³/mol. The number of methoxy groups -OCH3 is 2. The second-order valence-electron chi connectivity index (χ2n) is 7.17. The van der Waals surface area contributed by atoms with Gasteiger partial charge in [-0.1, -0.05) is 24.6 Å². The van der Waals surface area contributed by atoms with Crippen LogP contribution in [-0.4, -0.2) is 63.1 Å². The van der Waals surface area contributed by atoms with Crippen molar-refractivity contribution >= 4 is 40.8 Å². The summed E-state index contributed by atoms with van der Waals surface area (Å²) in [6.07, 6.45) is 6.99. The van der Waals surface area contributed by atoms with E-state index in [1.807, 2.05) is 24.0 Å². The molecule has 3 rings (SSSR count). The van der Waals surface area contributed by atoms with E-state index in [1.54, 1.807) is 29.3 Å². The smallest absolute Gasteiger partial charge is 0.355 e. The number of carbonyl (C=O) groups excluding carboxylic acids is 3. The van der Waals surface area contributed by atoms with Gasteiger partial charge in [-0.25, -0.2) is 9.59 Å². The lowest BCUT2D eigenvalue weighted by Crippen LogP contribution is -2.48. The fourth-order valence-corrected chi connectivity index (χ4v) is 3.98. The Labute approximate surface area is 192 Å². The molecule has 1 aromatic rings. The van der Waals surface area contributed by atoms with Crippen LogP contribution < -0.4 is 9.80 Å². The third-order valence-electron chi connectivity index (χ3n) is 5.37. The number of amides is 1. The van der Waals surface area contributed by atoms with E-state index in [0.717, 1.165) is 5.69 Å². The largest absolute Gasteiger partial charge is 0.465 e. The molecule has 2 aliphatic rings. The van der Waals surface area contributed by atoms with E-state index in [0.29, 0.717) is 43.3 Å². The van der Waals surface area contributed by atoms with E-state index in [-0.39, 0.29) is 17.2 Å². The summed E-state index contributed by atoms with van der Waals surface area (Å²) in [7, 11) is 2.50. The summed E-state index contributed by atoms with van der Waals surface area (Å²) in [5.41, 5.74) is 1.52. The van der Waals surface area contributed by atoms with Crippen LogP contribution in [0.3, 0.4) is 0 Å². The molecule has 0 saturated carbocycles. The Bertz CT molecular complexity index is 993. The van der Waals surface area contributed by atoms with Crippen LogP contribution in [0.4, 0.5) is 11.4 Å². The Morgan fingerprint density at radius 2 is 1.69 bits per heavy atom. The molecule has 1 aromatic carbocycles. The van der Waals surface area contributed by atoms with Crippen molar-refractivity contribution in [3.05, 3.63) is 58.9 Å². The number of anilines is 2. The van der Waals surface area contributed by atoms with E-state index in [9.17, 15) is 14.4 Å². The molecule has 0 atom stereocenters. The van der Waals surface area contributed by atoms with Crippen LogP contribution >= 0.6 is 11.6 Å². The summed E-state index contributed by atoms with van der Waals surface area (Å²) in [6.45, 7) is 4.50. The predicted octanol–water partition coefficient (Wildman–Crippen LogP) is 2.89. The molecule has 0 unspecified atom stereocenters. The van der Waals surface area contributed by atoms with Gasteiger partial charge in [0.15, 0.2) is 0 Å². The minimum Gasteiger partial charge on any atom is -0.465 e. The number of allylic oxidation sites excluding steroid dienone is 2. The van der Waals surface area contributed by atoms with Crippen molar-refractivity contribution in [2.75, 3.05) is 50.2 Å². The van der Waals surface area contributed by atoms with Crippen molar-refractivity contribution in [3.63, 3.8) is 0 Å². The van der Waals surface area contributed by atoms with Crippen LogP contribution in [-0.2, 0) is 23.9 Å². The van der Waals surface area contributed by atoms with Crippen LogP contribution in [0.15, 0.2) is 53.9 Å². The van der Waals surface area contributed by atoms with Gasteiger partial charge in [0.2, 0.25) is 5.91 Å². The number of hydrogen-bond acceptors (Lipinski definition) is 7. The zero-order chi connectivity index (χ0) is 23.3. The number of nitrogens with zero attached hydrogens (tertiary/aromatic N) is 3. The third kappa shape index (κ3) is 4.80. The van der Waals surface area contributed by atoms with E-state index in [4.69, 9.17) is 21.1 Å². The van der Waals surface area contributed by atoms with Crippen molar-refractivity contribution in [2.45, 2.75) is 13.3 Å². The van der Waals surface area contributed by atoms with E-state index >= 15 is 0 Å². The maximum absolute atomic E-state index is 12.6. The van der Waals surface area contributed by atoms with Gasteiger partial charge in [-0.15, -0.1) is 0 Å². The Morgan fingerprint density at radius 3 is 2.28 bits per heavy atom. The minimum atomic E-state index is -0.682. The molecule has 9 heteroatoms. The van der Waals surface area contributed by atoms with Crippen molar-refractivity contribution in [2.24, 2.45) is 0 Å². The lowest BCUT2D eigenvalue weighted by molar-refractivity contribution is -0.139. The lowest BCUT2D eigenvalue weighted by atomic mass is 10.1. The number of esters is 2. The average molecular weight is 460 g/mol. The van der Waals surface area contributed by atoms with Gasteiger partial charge in [-0.2, -0.15) is 0 Å². The highest BCUT2D eigenvalue weighted by Crippen LogP contribution is 2.34. The van der Waals surface area contributed by atoms with Crippen molar-refractivity contribution in [1.82, 2.24) is 4.90 Å². The zero-order valence-electron chi connectivity index (χ0n) is 18.3. The molecule has 2 aliphatic heterocycles. The number of ether oxygens (including phenoxy) is 2. The van der Waals surface area contributed by atoms with Gasteiger partial charge in [0.05, 0.1) is 30.5 Å². The molecule has 0 radical (unpaired) electrons. The number of carbonyl (C=O) groups is 3. The maximum atomic E-state index is 12.6. The monoisotopic (exact) mass is 459 g/mol. The van der Waals surface area contributed by atoms with Crippen LogP contribution in [0.1, 0.15) is 13.3 Å². The number of hydrogen-bond donors (Lipinski definition) is 0. The molecule has 32 heavy (non-hydrogen) atoms. The quantitative estimate of drug-likeness (QED) is 0.626. The van der Waals surface area contributed by atoms with Crippen LogP contribution in [0.25, 0.3) is 0 Å². The zero-order valence-corrected chi connectivity index (χ0v) is 19.1. The summed E-state index contributed by atoms with van der Waals surface area (Å²) in [4.78, 5) is 42.3. The van der Waals surface area contributed by atoms with Gasteiger partial charge in [-0.05, 0) is 30.4 Å². The summed E-state index contributed by atoms with van der Waals surface area (Å²) in [5, 5.41) is 0.493. The molecule has 170 valence electrons. The van der Waals surface area contributed by atoms with Gasteiger partial charge in [0, 0.05) is 44.5 Å². The van der Waals surface area contributed by atoms with Gasteiger partial charge in [0.25, 0.3) is 0 Å². The van der Waals surface area contributed by atoms with Crippen molar-refractivity contribution in [1.29, 1.82) is 0 Å². The lowest BCUT2D eigenvalue weighted by Gasteiger charge is -2.36. The highest BCUT2D eigenvalue weighted by molar-refractivity contribution is 6.33. The SMILES string of the molecule is CCC(=O)N1CCN(c2ccc(N3C=CC=CC(C(=O)OC)=C3C(=O)OC)cc2Cl)CC1. The third-order valence-corrected chi connectivity index (χ3v) is 5.68. The van der Waals surface area contributed by atoms with Gasteiger partial charge >= 0.3 is 11.9 Å². The molecule has 0 N–H and O–H groups in total. The van der Waals surface area contributed by atoms with Gasteiger partial charge in [-0.3, -0.25) is 4.79 Å². The first-order chi connectivity index (χ1) is 15.4. The number of benzene rings is 1. The Hall–Kier alpha value is -3.26. The van der Waals surface area contributed by atoms with Crippen LogP contribution in [0.2, 0.25) is 5.02 Å². The minimum absolute atomic E-state index is 0.0276. The average Bonchev–Trinajstić information content (AvgIpc) is 3.05. The highest BCUT2D eigenvalue weighted by atomic mass is 35.5. The fourth-order valence-electron chi connectivity index (χ4n) is 3.69. The standard InChI is InChI=1S/C23H26ClN3O5/c1-4-20(28)26-13-11-25(12-14-26)19-9-8-16(15-18(19)24)27-10-6-5-7-17(22(29)31-2)21(27)23(30)32-3/h5-10,15H,4,11-14H2,1-3H3. The normalized spacial score (nSPS) is 16.2. The molecule has 0 spiro atoms. The number of halogens is 1. The van der Waals surface area contributed by atoms with Crippen LogP contribution in [0.5, 0.6) is 0 Å².